The molecule has 0 aliphatic carbocycles. The Kier molecular flexibility index (Phi) is 12.8. The van der Waals surface area contributed by atoms with Crippen molar-refractivity contribution in [1.82, 2.24) is 5.06 Å². The molecule has 0 amide bonds. The molecule has 0 spiro atoms. The smallest absolute Gasteiger partial charge is 0.156 e. The first-order valence-corrected chi connectivity index (χ1v) is 6.57. The summed E-state index contributed by atoms with van der Waals surface area (Å²) in [6, 6.07) is 0.420. The second-order valence-electron chi connectivity index (χ2n) is 4.38. The summed E-state index contributed by atoms with van der Waals surface area (Å²) in [6.45, 7) is 13.2. The molecule has 3 atom stereocenters. The van der Waals surface area contributed by atoms with Gasteiger partial charge in [-0.05, 0) is 33.9 Å². The Balaban J connectivity index is 0. The van der Waals surface area contributed by atoms with E-state index in [2.05, 4.69) is 11.7 Å². The number of aliphatic imine (C=N–C) groups is 1. The maximum atomic E-state index is 9.14. The average molecular weight is 262 g/mol. The number of hydrogen-bond acceptors (Lipinski definition) is 5. The van der Waals surface area contributed by atoms with Gasteiger partial charge in [-0.3, -0.25) is 4.99 Å². The molecule has 2 N–H and O–H groups in total. The van der Waals surface area contributed by atoms with Crippen molar-refractivity contribution >= 4 is 6.72 Å². The van der Waals surface area contributed by atoms with Crippen molar-refractivity contribution in [2.45, 2.75) is 71.9 Å². The van der Waals surface area contributed by atoms with E-state index in [-0.39, 0.29) is 12.1 Å². The largest absolute Gasteiger partial charge is 0.368 e. The highest BCUT2D eigenvalue weighted by Gasteiger charge is 2.27. The predicted molar refractivity (Wildman–Crippen MR) is 75.2 cm³/mol. The number of aliphatic hydroxyl groups is 1. The molecular formula is C13H30N2O3. The third-order valence-corrected chi connectivity index (χ3v) is 2.36. The summed E-state index contributed by atoms with van der Waals surface area (Å²) >= 11 is 0. The van der Waals surface area contributed by atoms with E-state index in [1.54, 1.807) is 7.05 Å². The number of hydroxylamine groups is 2. The Morgan fingerprint density at radius 3 is 2.06 bits per heavy atom. The molecule has 0 unspecified atom stereocenters. The molecule has 1 saturated heterocycles. The molecule has 0 radical (unpaired) electrons. The average Bonchev–Trinajstić information content (AvgIpc) is 2.31. The van der Waals surface area contributed by atoms with Crippen LogP contribution in [0.4, 0.5) is 0 Å². The van der Waals surface area contributed by atoms with E-state index in [1.165, 1.54) is 0 Å². The van der Waals surface area contributed by atoms with Gasteiger partial charge < -0.3 is 15.1 Å². The van der Waals surface area contributed by atoms with Gasteiger partial charge >= 0.3 is 0 Å². The fourth-order valence-electron chi connectivity index (χ4n) is 1.40. The maximum Gasteiger partial charge on any atom is 0.156 e. The van der Waals surface area contributed by atoms with Crippen LogP contribution in [0, 0.1) is 0 Å². The van der Waals surface area contributed by atoms with E-state index in [0.29, 0.717) is 12.5 Å². The van der Waals surface area contributed by atoms with E-state index in [1.807, 2.05) is 34.6 Å². The number of nitrogens with zero attached hydrogens (tertiary/aromatic N) is 2. The van der Waals surface area contributed by atoms with Gasteiger partial charge in [-0.25, -0.2) is 0 Å². The van der Waals surface area contributed by atoms with Crippen LogP contribution >= 0.6 is 0 Å². The minimum atomic E-state index is -0.724. The molecule has 0 saturated carbocycles. The van der Waals surface area contributed by atoms with E-state index < -0.39 is 6.29 Å². The Bertz CT molecular complexity index is 189. The SMILES string of the molecule is C=NC(C)C.CC.C[C@@H]1C[C@H](N(C)O)C[C@H](O)O1. The van der Waals surface area contributed by atoms with Gasteiger partial charge in [-0.1, -0.05) is 13.8 Å². The molecule has 110 valence electrons. The molecule has 5 nitrogen and oxygen atoms in total. The summed E-state index contributed by atoms with van der Waals surface area (Å²) in [5.74, 6) is 0. The highest BCUT2D eigenvalue weighted by Crippen LogP contribution is 2.20. The van der Waals surface area contributed by atoms with Crippen LogP contribution in [0.3, 0.4) is 0 Å². The summed E-state index contributed by atoms with van der Waals surface area (Å²) < 4.78 is 5.08. The van der Waals surface area contributed by atoms with Crippen molar-refractivity contribution in [2.24, 2.45) is 4.99 Å². The normalized spacial score (nSPS) is 26.9. The van der Waals surface area contributed by atoms with Crippen LogP contribution in [-0.2, 0) is 4.74 Å². The van der Waals surface area contributed by atoms with E-state index >= 15 is 0 Å². The Morgan fingerprint density at radius 1 is 1.33 bits per heavy atom. The molecule has 0 aromatic heterocycles. The summed E-state index contributed by atoms with van der Waals surface area (Å²) in [5, 5.41) is 19.4. The number of ether oxygens (including phenoxy) is 1. The van der Waals surface area contributed by atoms with Crippen LogP contribution in [0.2, 0.25) is 0 Å². The van der Waals surface area contributed by atoms with Crippen molar-refractivity contribution in [3.05, 3.63) is 0 Å². The van der Waals surface area contributed by atoms with Crippen molar-refractivity contribution < 1.29 is 15.1 Å². The van der Waals surface area contributed by atoms with Crippen molar-refractivity contribution in [3.8, 4) is 0 Å². The van der Waals surface area contributed by atoms with Crippen LogP contribution in [-0.4, -0.2) is 53.6 Å². The van der Waals surface area contributed by atoms with Gasteiger partial charge in [0.25, 0.3) is 0 Å². The monoisotopic (exact) mass is 262 g/mol. The summed E-state index contributed by atoms with van der Waals surface area (Å²) in [7, 11) is 1.59. The standard InChI is InChI=1S/C7H15NO3.C4H9N.C2H6/c1-5-3-6(8(2)10)4-7(9)11-5;1-4(2)5-3;1-2/h5-7,9-10H,3-4H2,1-2H3;4H,3H2,1-2H3;1-2H3/t5-,6+,7-;;/m1../s1. The van der Waals surface area contributed by atoms with E-state index in [0.717, 1.165) is 11.5 Å². The fraction of sp³-hybridized carbons (Fsp3) is 0.923. The first-order valence-electron chi connectivity index (χ1n) is 6.57. The third kappa shape index (κ3) is 10.7. The Labute approximate surface area is 111 Å². The van der Waals surface area contributed by atoms with Crippen LogP contribution in [0.25, 0.3) is 0 Å². The zero-order valence-electron chi connectivity index (χ0n) is 12.6. The highest BCUT2D eigenvalue weighted by atomic mass is 16.6. The molecule has 1 aliphatic rings. The minimum Gasteiger partial charge on any atom is -0.368 e. The van der Waals surface area contributed by atoms with Crippen LogP contribution in [0.5, 0.6) is 0 Å². The Hall–Kier alpha value is -0.490. The maximum absolute atomic E-state index is 9.14. The lowest BCUT2D eigenvalue weighted by Gasteiger charge is -2.33. The second-order valence-corrected chi connectivity index (χ2v) is 4.38. The summed E-state index contributed by atoms with van der Waals surface area (Å²) in [4.78, 5) is 3.64. The third-order valence-electron chi connectivity index (χ3n) is 2.36. The molecular weight excluding hydrogens is 232 g/mol. The Morgan fingerprint density at radius 2 is 1.78 bits per heavy atom. The second kappa shape index (κ2) is 11.6. The predicted octanol–water partition coefficient (Wildman–Crippen LogP) is 2.31. The number of rotatable bonds is 2. The molecule has 0 bridgehead atoms. The minimum absolute atomic E-state index is 0.0220. The molecule has 18 heavy (non-hydrogen) atoms. The molecule has 1 aliphatic heterocycles. The van der Waals surface area contributed by atoms with Gasteiger partial charge in [0.2, 0.25) is 0 Å². The molecule has 1 heterocycles. The van der Waals surface area contributed by atoms with Crippen molar-refractivity contribution in [3.63, 3.8) is 0 Å². The van der Waals surface area contributed by atoms with Gasteiger partial charge in [-0.15, -0.1) is 0 Å². The van der Waals surface area contributed by atoms with Crippen LogP contribution < -0.4 is 0 Å². The zero-order chi connectivity index (χ0) is 14.7. The lowest BCUT2D eigenvalue weighted by Crippen LogP contribution is -2.41. The molecule has 5 heteroatoms. The van der Waals surface area contributed by atoms with Gasteiger partial charge in [0, 0.05) is 25.6 Å². The van der Waals surface area contributed by atoms with Gasteiger partial charge in [-0.2, -0.15) is 5.06 Å². The van der Waals surface area contributed by atoms with Crippen molar-refractivity contribution in [2.75, 3.05) is 7.05 Å². The van der Waals surface area contributed by atoms with Crippen LogP contribution in [0.1, 0.15) is 47.5 Å². The first kappa shape index (κ1) is 19.8. The van der Waals surface area contributed by atoms with Gasteiger partial charge in [0.1, 0.15) is 0 Å². The lowest BCUT2D eigenvalue weighted by molar-refractivity contribution is -0.210. The topological polar surface area (TPSA) is 65.3 Å². The molecule has 0 aromatic rings. The highest BCUT2D eigenvalue weighted by molar-refractivity contribution is 5.23. The van der Waals surface area contributed by atoms with Crippen molar-refractivity contribution in [1.29, 1.82) is 0 Å². The zero-order valence-corrected chi connectivity index (χ0v) is 12.6. The van der Waals surface area contributed by atoms with E-state index in [4.69, 9.17) is 15.1 Å². The molecule has 1 fully saturated rings. The number of hydrogen-bond donors (Lipinski definition) is 2. The first-order chi connectivity index (χ1) is 8.36. The van der Waals surface area contributed by atoms with E-state index in [9.17, 15) is 0 Å². The quantitative estimate of drug-likeness (QED) is 0.592. The molecule has 0 aromatic carbocycles. The summed E-state index contributed by atoms with van der Waals surface area (Å²) in [5.41, 5.74) is 0. The lowest BCUT2D eigenvalue weighted by atomic mass is 10.0. The van der Waals surface area contributed by atoms with Gasteiger partial charge in [0.05, 0.1) is 6.10 Å². The summed E-state index contributed by atoms with van der Waals surface area (Å²) in [6.07, 6.45) is 0.554. The fourth-order valence-corrected chi connectivity index (χ4v) is 1.40. The van der Waals surface area contributed by atoms with Gasteiger partial charge in [0.15, 0.2) is 6.29 Å². The number of aliphatic hydroxyl groups excluding tert-OH is 1. The van der Waals surface area contributed by atoms with Crippen LogP contribution in [0.15, 0.2) is 4.99 Å². The molecule has 1 rings (SSSR count).